The van der Waals surface area contributed by atoms with E-state index < -0.39 is 12.2 Å². The summed E-state index contributed by atoms with van der Waals surface area (Å²) in [6.07, 6.45) is 2.43. The molecule has 2 aromatic rings. The molecule has 0 spiro atoms. The maximum atomic E-state index is 13.1. The number of nitrogens with two attached hydrogens (primary N) is 1. The van der Waals surface area contributed by atoms with Crippen molar-refractivity contribution in [2.24, 2.45) is 5.92 Å². The van der Waals surface area contributed by atoms with E-state index in [0.29, 0.717) is 42.3 Å². The van der Waals surface area contributed by atoms with Gasteiger partial charge in [0.2, 0.25) is 13.1 Å². The fourth-order valence-corrected chi connectivity index (χ4v) is 4.06. The van der Waals surface area contributed by atoms with Gasteiger partial charge >= 0.3 is 0 Å². The van der Waals surface area contributed by atoms with Crippen molar-refractivity contribution >= 4 is 17.3 Å². The number of rotatable bonds is 8. The van der Waals surface area contributed by atoms with Gasteiger partial charge in [0, 0.05) is 25.0 Å². The number of aliphatic hydroxyl groups is 1. The highest BCUT2D eigenvalue weighted by Gasteiger charge is 2.38. The first-order valence-corrected chi connectivity index (χ1v) is 10.8. The molecule has 0 saturated carbocycles. The second-order valence-corrected chi connectivity index (χ2v) is 7.68. The Morgan fingerprint density at radius 2 is 2.03 bits per heavy atom. The van der Waals surface area contributed by atoms with Crippen LogP contribution in [0.4, 0.5) is 11.4 Å². The van der Waals surface area contributed by atoms with Crippen LogP contribution in [0.15, 0.2) is 54.3 Å². The van der Waals surface area contributed by atoms with Crippen LogP contribution in [-0.2, 0) is 14.3 Å². The number of anilines is 2. The number of aliphatic hydroxyl groups excluding tert-OH is 1. The molecule has 0 aliphatic carbocycles. The number of carbonyl (C=O) groups excluding carboxylic acids is 1. The number of nitrogen functional groups attached to an aromatic ring is 1. The van der Waals surface area contributed by atoms with Crippen LogP contribution in [0.1, 0.15) is 31.2 Å². The number of benzene rings is 2. The molecule has 0 radical (unpaired) electrons. The van der Waals surface area contributed by atoms with Crippen molar-refractivity contribution in [3.8, 4) is 11.5 Å². The Balaban J connectivity index is 1.68. The second-order valence-electron chi connectivity index (χ2n) is 7.68. The van der Waals surface area contributed by atoms with Gasteiger partial charge in [0.15, 0.2) is 17.3 Å². The summed E-state index contributed by atoms with van der Waals surface area (Å²) in [7, 11) is 0. The zero-order valence-electron chi connectivity index (χ0n) is 18.0. The summed E-state index contributed by atoms with van der Waals surface area (Å²) in [6.45, 7) is 2.55. The highest BCUT2D eigenvalue weighted by Crippen LogP contribution is 2.43. The molecule has 0 unspecified atom stereocenters. The predicted octanol–water partition coefficient (Wildman–Crippen LogP) is 3.39. The van der Waals surface area contributed by atoms with Crippen molar-refractivity contribution in [3.63, 3.8) is 0 Å². The first kappa shape index (κ1) is 22.0. The molecule has 4 N–H and O–H groups in total. The van der Waals surface area contributed by atoms with Crippen LogP contribution in [0.2, 0.25) is 0 Å². The monoisotopic (exact) mass is 440 g/mol. The molecule has 8 heteroatoms. The molecule has 1 amide bonds. The number of amides is 1. The number of allylic oxidation sites excluding steroid dienone is 1. The van der Waals surface area contributed by atoms with Crippen LogP contribution in [0.3, 0.4) is 0 Å². The van der Waals surface area contributed by atoms with Gasteiger partial charge in [-0.15, -0.1) is 0 Å². The molecule has 0 bridgehead atoms. The van der Waals surface area contributed by atoms with Gasteiger partial charge in [0.25, 0.3) is 5.91 Å². The molecule has 2 aliphatic heterocycles. The van der Waals surface area contributed by atoms with Crippen molar-refractivity contribution in [3.05, 3.63) is 59.9 Å². The zero-order valence-corrected chi connectivity index (χ0v) is 18.0. The van der Waals surface area contributed by atoms with E-state index in [0.717, 1.165) is 5.56 Å². The SMILES string of the molecule is CCO[C@H]1OC(C(=O)Nc2ccccc2N)=C[C@@H](c2ccc3c(c2)OCO3)[C@H]1CCCO. The van der Waals surface area contributed by atoms with E-state index >= 15 is 0 Å². The van der Waals surface area contributed by atoms with Gasteiger partial charge < -0.3 is 35.1 Å². The average molecular weight is 440 g/mol. The van der Waals surface area contributed by atoms with Crippen molar-refractivity contribution < 1.29 is 28.8 Å². The first-order valence-electron chi connectivity index (χ1n) is 10.8. The van der Waals surface area contributed by atoms with Gasteiger partial charge in [0.1, 0.15) is 0 Å². The molecule has 4 rings (SSSR count). The van der Waals surface area contributed by atoms with E-state index in [9.17, 15) is 9.90 Å². The predicted molar refractivity (Wildman–Crippen MR) is 119 cm³/mol. The molecule has 170 valence electrons. The van der Waals surface area contributed by atoms with E-state index in [1.165, 1.54) is 0 Å². The quantitative estimate of drug-likeness (QED) is 0.540. The number of hydrogen-bond donors (Lipinski definition) is 3. The summed E-state index contributed by atoms with van der Waals surface area (Å²) in [4.78, 5) is 13.1. The zero-order chi connectivity index (χ0) is 22.5. The lowest BCUT2D eigenvalue weighted by Crippen LogP contribution is -2.37. The van der Waals surface area contributed by atoms with E-state index in [2.05, 4.69) is 5.32 Å². The summed E-state index contributed by atoms with van der Waals surface area (Å²) < 4.78 is 22.9. The number of carbonyl (C=O) groups is 1. The Labute approximate surface area is 186 Å². The minimum Gasteiger partial charge on any atom is -0.459 e. The third-order valence-electron chi connectivity index (χ3n) is 5.63. The maximum absolute atomic E-state index is 13.1. The molecule has 0 fully saturated rings. The average Bonchev–Trinajstić information content (AvgIpc) is 3.27. The normalized spacial score (nSPS) is 21.6. The minimum atomic E-state index is -0.638. The highest BCUT2D eigenvalue weighted by atomic mass is 16.7. The molecule has 0 saturated heterocycles. The van der Waals surface area contributed by atoms with Crippen LogP contribution < -0.4 is 20.5 Å². The third kappa shape index (κ3) is 4.66. The topological polar surface area (TPSA) is 112 Å². The first-order chi connectivity index (χ1) is 15.6. The Morgan fingerprint density at radius 3 is 2.81 bits per heavy atom. The Kier molecular flexibility index (Phi) is 6.82. The molecule has 3 atom stereocenters. The van der Waals surface area contributed by atoms with Crippen LogP contribution >= 0.6 is 0 Å². The van der Waals surface area contributed by atoms with Gasteiger partial charge in [-0.1, -0.05) is 18.2 Å². The molecule has 8 nitrogen and oxygen atoms in total. The maximum Gasteiger partial charge on any atom is 0.290 e. The molecule has 32 heavy (non-hydrogen) atoms. The Hall–Kier alpha value is -3.23. The van der Waals surface area contributed by atoms with Gasteiger partial charge in [-0.3, -0.25) is 4.79 Å². The van der Waals surface area contributed by atoms with Crippen molar-refractivity contribution in [1.82, 2.24) is 0 Å². The van der Waals surface area contributed by atoms with Crippen molar-refractivity contribution in [2.45, 2.75) is 32.0 Å². The summed E-state index contributed by atoms with van der Waals surface area (Å²) >= 11 is 0. The van der Waals surface area contributed by atoms with E-state index in [1.807, 2.05) is 31.2 Å². The van der Waals surface area contributed by atoms with E-state index in [1.54, 1.807) is 24.3 Å². The number of hydrogen-bond acceptors (Lipinski definition) is 7. The molecular weight excluding hydrogens is 412 g/mol. The summed E-state index contributed by atoms with van der Waals surface area (Å²) in [5, 5.41) is 12.2. The number of fused-ring (bicyclic) bond motifs is 1. The van der Waals surface area contributed by atoms with Gasteiger partial charge in [-0.25, -0.2) is 0 Å². The van der Waals surface area contributed by atoms with Crippen LogP contribution in [-0.4, -0.2) is 37.3 Å². The number of ether oxygens (including phenoxy) is 4. The number of para-hydroxylation sites is 2. The van der Waals surface area contributed by atoms with Crippen LogP contribution in [0, 0.1) is 5.92 Å². The number of nitrogens with one attached hydrogen (secondary N) is 1. The standard InChI is InChI=1S/C24H28N2O6/c1-2-29-24-16(6-5-11-27)17(15-9-10-20-21(12-15)31-14-30-20)13-22(32-24)23(28)26-19-8-4-3-7-18(19)25/h3-4,7-10,12-13,16-17,24,27H,2,5-6,11,14,25H2,1H3,(H,26,28)/t16-,17+,24+/m1/s1. The Morgan fingerprint density at radius 1 is 1.22 bits per heavy atom. The van der Waals surface area contributed by atoms with Crippen molar-refractivity contribution in [1.29, 1.82) is 0 Å². The lowest BCUT2D eigenvalue weighted by atomic mass is 9.80. The lowest BCUT2D eigenvalue weighted by Gasteiger charge is -2.37. The van der Waals surface area contributed by atoms with Crippen LogP contribution in [0.25, 0.3) is 0 Å². The summed E-state index contributed by atoms with van der Waals surface area (Å²) in [5.74, 6) is 0.833. The summed E-state index contributed by atoms with van der Waals surface area (Å²) in [6, 6.07) is 12.8. The largest absolute Gasteiger partial charge is 0.459 e. The highest BCUT2D eigenvalue weighted by molar-refractivity contribution is 6.04. The third-order valence-corrected chi connectivity index (χ3v) is 5.63. The van der Waals surface area contributed by atoms with Gasteiger partial charge in [-0.05, 0) is 55.7 Å². The van der Waals surface area contributed by atoms with Gasteiger partial charge in [-0.2, -0.15) is 0 Å². The smallest absolute Gasteiger partial charge is 0.290 e. The van der Waals surface area contributed by atoms with Crippen molar-refractivity contribution in [2.75, 3.05) is 31.1 Å². The van der Waals surface area contributed by atoms with E-state index in [4.69, 9.17) is 24.7 Å². The van der Waals surface area contributed by atoms with Gasteiger partial charge in [0.05, 0.1) is 11.4 Å². The lowest BCUT2D eigenvalue weighted by molar-refractivity contribution is -0.165. The molecule has 2 heterocycles. The van der Waals surface area contributed by atoms with Crippen LogP contribution in [0.5, 0.6) is 11.5 Å². The Bertz CT molecular complexity index is 992. The fraction of sp³-hybridized carbons (Fsp3) is 0.375. The molecule has 2 aliphatic rings. The molecule has 0 aromatic heterocycles. The molecule has 2 aromatic carbocycles. The minimum absolute atomic E-state index is 0.0630. The second kappa shape index (κ2) is 9.93. The molecular formula is C24H28N2O6. The summed E-state index contributed by atoms with van der Waals surface area (Å²) in [5.41, 5.74) is 7.90. The van der Waals surface area contributed by atoms with E-state index in [-0.39, 0.29) is 31.0 Å². The fourth-order valence-electron chi connectivity index (χ4n) is 4.06.